The second-order valence-electron chi connectivity index (χ2n) is 11.1. The minimum Gasteiger partial charge on any atom is -0.497 e. The number of aldehydes is 1. The molecule has 8 heteroatoms. The molecular weight excluding hydrogens is 558 g/mol. The molecule has 3 aromatic rings. The fourth-order valence-corrected chi connectivity index (χ4v) is 5.74. The van der Waals surface area contributed by atoms with Gasteiger partial charge in [-0.3, -0.25) is 9.69 Å². The van der Waals surface area contributed by atoms with Crippen LogP contribution in [0.2, 0.25) is 0 Å². The van der Waals surface area contributed by atoms with E-state index in [0.29, 0.717) is 19.4 Å². The third kappa shape index (κ3) is 8.68. The lowest BCUT2D eigenvalue weighted by Gasteiger charge is -2.40. The quantitative estimate of drug-likeness (QED) is 0.0855. The van der Waals surface area contributed by atoms with Crippen LogP contribution in [0, 0.1) is 0 Å². The van der Waals surface area contributed by atoms with Gasteiger partial charge in [0.25, 0.3) is 0 Å². The maximum atomic E-state index is 12.7. The minimum absolute atomic E-state index is 0.171. The molecule has 8 nitrogen and oxygen atoms in total. The molecule has 3 rings (SSSR count). The first-order chi connectivity index (χ1) is 21.3. The average Bonchev–Trinajstić information content (AvgIpc) is 3.06. The lowest BCUT2D eigenvalue weighted by atomic mass is 9.80. The molecule has 0 bridgehead atoms. The topological polar surface area (TPSA) is 106 Å². The normalized spacial score (nSPS) is 12.9. The van der Waals surface area contributed by atoms with E-state index in [9.17, 15) is 19.8 Å². The van der Waals surface area contributed by atoms with Gasteiger partial charge in [0.2, 0.25) is 0 Å². The molecule has 0 amide bonds. The molecule has 0 saturated heterocycles. The maximum Gasteiger partial charge on any atom is 0.323 e. The van der Waals surface area contributed by atoms with Crippen LogP contribution in [0.25, 0.3) is 0 Å². The number of unbranched alkanes of at least 4 members (excludes halogenated alkanes) is 5. The van der Waals surface area contributed by atoms with Crippen molar-refractivity contribution in [3.05, 3.63) is 95.6 Å². The van der Waals surface area contributed by atoms with Crippen molar-refractivity contribution in [2.75, 3.05) is 40.5 Å². The minimum atomic E-state index is -1.18. The van der Waals surface area contributed by atoms with Crippen molar-refractivity contribution in [3.63, 3.8) is 0 Å². The number of β-amino-alcohol motifs (C(OH)–C–C–N with tert-alkyl or cyclic N) is 1. The van der Waals surface area contributed by atoms with Gasteiger partial charge in [-0.2, -0.15) is 0 Å². The van der Waals surface area contributed by atoms with Gasteiger partial charge in [0.1, 0.15) is 28.9 Å². The van der Waals surface area contributed by atoms with E-state index < -0.39 is 17.1 Å². The van der Waals surface area contributed by atoms with Crippen molar-refractivity contribution in [2.45, 2.75) is 63.0 Å². The van der Waals surface area contributed by atoms with Crippen molar-refractivity contribution in [1.29, 1.82) is 0 Å². The van der Waals surface area contributed by atoms with Crippen LogP contribution in [0.5, 0.6) is 11.5 Å². The van der Waals surface area contributed by atoms with Crippen LogP contribution in [0.4, 0.5) is 0 Å². The zero-order valence-electron chi connectivity index (χ0n) is 26.2. The molecule has 0 spiro atoms. The SMILES string of the molecule is COc1ccc(C(OCCN(CCO)C(C)(CCCCCCCC=O)C(=O)O)(c2ccccc2)c2ccc(OC)cc2)cc1. The first-order valence-corrected chi connectivity index (χ1v) is 15.4. The lowest BCUT2D eigenvalue weighted by molar-refractivity contribution is -0.152. The molecule has 0 aliphatic rings. The first kappa shape index (κ1) is 34.8. The average molecular weight is 606 g/mol. The van der Waals surface area contributed by atoms with Crippen molar-refractivity contribution >= 4 is 12.3 Å². The van der Waals surface area contributed by atoms with E-state index in [4.69, 9.17) is 14.2 Å². The number of carboxylic acid groups (broad SMARTS) is 1. The highest BCUT2D eigenvalue weighted by atomic mass is 16.5. The number of aliphatic hydroxyl groups is 1. The van der Waals surface area contributed by atoms with Crippen LogP contribution >= 0.6 is 0 Å². The summed E-state index contributed by atoms with van der Waals surface area (Å²) in [5.41, 5.74) is 0.494. The molecule has 1 unspecified atom stereocenters. The van der Waals surface area contributed by atoms with Gasteiger partial charge in [0, 0.05) is 19.5 Å². The fraction of sp³-hybridized carbons (Fsp3) is 0.444. The Balaban J connectivity index is 1.93. The zero-order valence-corrected chi connectivity index (χ0v) is 26.2. The second-order valence-corrected chi connectivity index (χ2v) is 11.1. The lowest BCUT2D eigenvalue weighted by Crippen LogP contribution is -2.54. The second kappa shape index (κ2) is 17.5. The Hall–Kier alpha value is -3.72. The van der Waals surface area contributed by atoms with Crippen molar-refractivity contribution in [1.82, 2.24) is 4.90 Å². The summed E-state index contributed by atoms with van der Waals surface area (Å²) in [7, 11) is 3.25. The van der Waals surface area contributed by atoms with E-state index in [1.807, 2.05) is 83.8 Å². The number of methoxy groups -OCH3 is 2. The van der Waals surface area contributed by atoms with Gasteiger partial charge in [-0.25, -0.2) is 0 Å². The predicted molar refractivity (Wildman–Crippen MR) is 171 cm³/mol. The summed E-state index contributed by atoms with van der Waals surface area (Å²) >= 11 is 0. The number of nitrogens with zero attached hydrogens (tertiary/aromatic N) is 1. The molecular formula is C36H47NO7. The van der Waals surface area contributed by atoms with Crippen LogP contribution in [-0.2, 0) is 19.9 Å². The summed E-state index contributed by atoms with van der Waals surface area (Å²) < 4.78 is 17.8. The van der Waals surface area contributed by atoms with Gasteiger partial charge in [-0.1, -0.05) is 80.3 Å². The van der Waals surface area contributed by atoms with Crippen LogP contribution in [-0.4, -0.2) is 73.4 Å². The van der Waals surface area contributed by atoms with E-state index >= 15 is 0 Å². The van der Waals surface area contributed by atoms with Gasteiger partial charge in [-0.05, 0) is 60.7 Å². The Morgan fingerprint density at radius 1 is 0.773 bits per heavy atom. The largest absolute Gasteiger partial charge is 0.497 e. The Kier molecular flexibility index (Phi) is 13.9. The van der Waals surface area contributed by atoms with Crippen LogP contribution in [0.1, 0.15) is 68.6 Å². The van der Waals surface area contributed by atoms with Crippen LogP contribution in [0.15, 0.2) is 78.9 Å². The molecule has 0 aliphatic heterocycles. The number of aliphatic carboxylic acids is 1. The van der Waals surface area contributed by atoms with Crippen LogP contribution < -0.4 is 9.47 Å². The van der Waals surface area contributed by atoms with E-state index in [-0.39, 0.29) is 19.8 Å². The molecule has 1 atom stereocenters. The highest BCUT2D eigenvalue weighted by Gasteiger charge is 2.41. The number of hydrogen-bond acceptors (Lipinski definition) is 7. The third-order valence-electron chi connectivity index (χ3n) is 8.37. The van der Waals surface area contributed by atoms with Gasteiger partial charge in [0.05, 0.1) is 27.4 Å². The number of benzene rings is 3. The van der Waals surface area contributed by atoms with E-state index in [1.165, 1.54) is 0 Å². The number of rotatable bonds is 21. The van der Waals surface area contributed by atoms with Crippen molar-refractivity contribution in [3.8, 4) is 11.5 Å². The summed E-state index contributed by atoms with van der Waals surface area (Å²) in [5.74, 6) is 0.521. The summed E-state index contributed by atoms with van der Waals surface area (Å²) in [6.45, 7) is 2.25. The first-order valence-electron chi connectivity index (χ1n) is 15.4. The molecule has 0 saturated carbocycles. The number of carboxylic acids is 1. The van der Waals surface area contributed by atoms with E-state index in [2.05, 4.69) is 0 Å². The molecule has 44 heavy (non-hydrogen) atoms. The smallest absolute Gasteiger partial charge is 0.323 e. The van der Waals surface area contributed by atoms with Gasteiger partial charge in [0.15, 0.2) is 0 Å². The Bertz CT molecular complexity index is 1220. The zero-order chi connectivity index (χ0) is 31.8. The number of aliphatic hydroxyl groups excluding tert-OH is 1. The number of ether oxygens (including phenoxy) is 3. The maximum absolute atomic E-state index is 12.7. The van der Waals surface area contributed by atoms with Gasteiger partial charge in [-0.15, -0.1) is 0 Å². The summed E-state index contributed by atoms with van der Waals surface area (Å²) in [4.78, 5) is 25.0. The highest BCUT2D eigenvalue weighted by molar-refractivity contribution is 5.78. The molecule has 0 aromatic heterocycles. The molecule has 238 valence electrons. The standard InChI is InChI=1S/C36H47NO7/c1-35(34(40)41,23-11-6-4-5-7-12-26-38)37(24-27-39)25-28-44-36(29-13-9-8-10-14-29,30-15-19-32(42-2)20-16-30)31-17-21-33(43-3)22-18-31/h8-10,13-22,26,39H,4-7,11-12,23-25,27-28H2,1-3H3,(H,40,41). The van der Waals surface area contributed by atoms with E-state index in [1.54, 1.807) is 21.1 Å². The number of carbonyl (C=O) groups is 2. The van der Waals surface area contributed by atoms with Gasteiger partial charge < -0.3 is 29.2 Å². The predicted octanol–water partition coefficient (Wildman–Crippen LogP) is 6.08. The van der Waals surface area contributed by atoms with Crippen molar-refractivity contribution in [2.24, 2.45) is 0 Å². The summed E-state index contributed by atoms with van der Waals surface area (Å²) in [6, 6.07) is 25.5. The third-order valence-corrected chi connectivity index (χ3v) is 8.37. The molecule has 0 aliphatic carbocycles. The van der Waals surface area contributed by atoms with Gasteiger partial charge >= 0.3 is 5.97 Å². The monoisotopic (exact) mass is 605 g/mol. The molecule has 0 fully saturated rings. The molecule has 0 radical (unpaired) electrons. The summed E-state index contributed by atoms with van der Waals surface area (Å²) in [5, 5.41) is 20.3. The Morgan fingerprint density at radius 3 is 1.80 bits per heavy atom. The van der Waals surface area contributed by atoms with E-state index in [0.717, 1.165) is 66.6 Å². The van der Waals surface area contributed by atoms with Crippen LogP contribution in [0.3, 0.4) is 0 Å². The molecule has 2 N–H and O–H groups in total. The number of hydrogen-bond donors (Lipinski definition) is 2. The Morgan fingerprint density at radius 2 is 1.30 bits per heavy atom. The Labute approximate surface area is 261 Å². The molecule has 3 aromatic carbocycles. The number of carbonyl (C=O) groups excluding carboxylic acids is 1. The fourth-order valence-electron chi connectivity index (χ4n) is 5.74. The summed E-state index contributed by atoms with van der Waals surface area (Å²) in [6.07, 6.45) is 6.33. The molecule has 0 heterocycles. The van der Waals surface area contributed by atoms with Crippen molar-refractivity contribution < 1.29 is 34.0 Å². The highest BCUT2D eigenvalue weighted by Crippen LogP contribution is 2.41.